The van der Waals surface area contributed by atoms with Gasteiger partial charge >= 0.3 is 6.09 Å². The van der Waals surface area contributed by atoms with Gasteiger partial charge in [-0.2, -0.15) is 0 Å². The largest absolute Gasteiger partial charge is 0.450 e. The van der Waals surface area contributed by atoms with Gasteiger partial charge < -0.3 is 10.1 Å². The lowest BCUT2D eigenvalue weighted by Crippen LogP contribution is -2.52. The standard InChI is InChI=1S/C21H22BrF2NO3/c1-3-5-13-28-20(27)25-21(4-2,14-9-11-15(22)12-10-14)19(26)18-16(23)7-6-8-17(18)24/h6-12H,3-5,13H2,1-2H3,(H,25,27). The van der Waals surface area contributed by atoms with Gasteiger partial charge in [-0.1, -0.05) is 54.4 Å². The number of benzene rings is 2. The van der Waals surface area contributed by atoms with Crippen molar-refractivity contribution in [3.63, 3.8) is 0 Å². The van der Waals surface area contributed by atoms with Crippen molar-refractivity contribution in [3.8, 4) is 0 Å². The second-order valence-electron chi connectivity index (χ2n) is 6.31. The second-order valence-corrected chi connectivity index (χ2v) is 7.22. The van der Waals surface area contributed by atoms with Gasteiger partial charge in [0.05, 0.1) is 12.2 Å². The molecule has 28 heavy (non-hydrogen) atoms. The summed E-state index contributed by atoms with van der Waals surface area (Å²) in [7, 11) is 0. The highest BCUT2D eigenvalue weighted by molar-refractivity contribution is 9.10. The Morgan fingerprint density at radius 3 is 2.21 bits per heavy atom. The molecule has 0 aliphatic rings. The fraction of sp³-hybridized carbons (Fsp3) is 0.333. The van der Waals surface area contributed by atoms with E-state index in [0.717, 1.165) is 23.0 Å². The fourth-order valence-corrected chi connectivity index (χ4v) is 3.16. The minimum atomic E-state index is -1.67. The van der Waals surface area contributed by atoms with E-state index in [9.17, 15) is 18.4 Å². The molecule has 0 bridgehead atoms. The molecule has 7 heteroatoms. The molecule has 1 amide bonds. The van der Waals surface area contributed by atoms with Gasteiger partial charge in [0.25, 0.3) is 0 Å². The second kappa shape index (κ2) is 9.78. The summed E-state index contributed by atoms with van der Waals surface area (Å²) in [5, 5.41) is 2.57. The van der Waals surface area contributed by atoms with Crippen LogP contribution in [0.5, 0.6) is 0 Å². The highest BCUT2D eigenvalue weighted by atomic mass is 79.9. The molecule has 1 unspecified atom stereocenters. The van der Waals surface area contributed by atoms with E-state index in [1.807, 2.05) is 6.92 Å². The average molecular weight is 454 g/mol. The smallest absolute Gasteiger partial charge is 0.408 e. The van der Waals surface area contributed by atoms with E-state index in [-0.39, 0.29) is 13.0 Å². The normalized spacial score (nSPS) is 12.9. The molecule has 4 nitrogen and oxygen atoms in total. The Labute approximate surface area is 171 Å². The number of Topliss-reactive ketones (excluding diaryl/α,β-unsaturated/α-hetero) is 1. The number of ketones is 1. The molecule has 1 N–H and O–H groups in total. The van der Waals surface area contributed by atoms with Crippen molar-refractivity contribution in [2.75, 3.05) is 6.61 Å². The predicted octanol–water partition coefficient (Wildman–Crippen LogP) is 5.74. The van der Waals surface area contributed by atoms with Crippen molar-refractivity contribution in [2.45, 2.75) is 38.6 Å². The van der Waals surface area contributed by atoms with Gasteiger partial charge in [-0.25, -0.2) is 13.6 Å². The minimum absolute atomic E-state index is 0.0735. The number of halogens is 3. The Morgan fingerprint density at radius 2 is 1.68 bits per heavy atom. The van der Waals surface area contributed by atoms with Crippen LogP contribution in [0.3, 0.4) is 0 Å². The van der Waals surface area contributed by atoms with Crippen LogP contribution < -0.4 is 5.32 Å². The van der Waals surface area contributed by atoms with Gasteiger partial charge in [0, 0.05) is 4.47 Å². The molecule has 0 fully saturated rings. The van der Waals surface area contributed by atoms with Crippen molar-refractivity contribution >= 4 is 27.8 Å². The van der Waals surface area contributed by atoms with E-state index in [1.165, 1.54) is 6.07 Å². The van der Waals surface area contributed by atoms with E-state index in [1.54, 1.807) is 31.2 Å². The van der Waals surface area contributed by atoms with Crippen molar-refractivity contribution in [2.24, 2.45) is 0 Å². The number of hydrogen-bond donors (Lipinski definition) is 1. The summed E-state index contributed by atoms with van der Waals surface area (Å²) < 4.78 is 34.5. The highest BCUT2D eigenvalue weighted by Gasteiger charge is 2.43. The lowest BCUT2D eigenvalue weighted by Gasteiger charge is -2.33. The number of unbranched alkanes of at least 4 members (excludes halogenated alkanes) is 1. The first-order valence-corrected chi connectivity index (χ1v) is 9.84. The molecule has 1 atom stereocenters. The quantitative estimate of drug-likeness (QED) is 0.409. The van der Waals surface area contributed by atoms with Crippen LogP contribution in [0, 0.1) is 11.6 Å². The van der Waals surface area contributed by atoms with E-state index < -0.39 is 34.6 Å². The summed E-state index contributed by atoms with van der Waals surface area (Å²) >= 11 is 3.32. The van der Waals surface area contributed by atoms with Gasteiger partial charge in [0.1, 0.15) is 17.2 Å². The summed E-state index contributed by atoms with van der Waals surface area (Å²) in [4.78, 5) is 25.7. The van der Waals surface area contributed by atoms with Crippen molar-refractivity contribution in [1.82, 2.24) is 5.32 Å². The molecule has 0 spiro atoms. The number of rotatable bonds is 8. The van der Waals surface area contributed by atoms with Crippen molar-refractivity contribution < 1.29 is 23.1 Å². The fourth-order valence-electron chi connectivity index (χ4n) is 2.90. The van der Waals surface area contributed by atoms with Crippen LogP contribution in [-0.4, -0.2) is 18.5 Å². The Bertz CT molecular complexity index is 822. The SMILES string of the molecule is CCCCOC(=O)NC(CC)(C(=O)c1c(F)cccc1F)c1ccc(Br)cc1. The monoisotopic (exact) mass is 453 g/mol. The third-order valence-corrected chi connectivity index (χ3v) is 5.02. The Hall–Kier alpha value is -2.28. The molecule has 0 aromatic heterocycles. The van der Waals surface area contributed by atoms with Gasteiger partial charge in [-0.05, 0) is 42.7 Å². The molecule has 0 aliphatic carbocycles. The molecule has 0 radical (unpaired) electrons. The number of carbonyl (C=O) groups excluding carboxylic acids is 2. The summed E-state index contributed by atoms with van der Waals surface area (Å²) in [6, 6.07) is 9.83. The van der Waals surface area contributed by atoms with E-state index in [2.05, 4.69) is 21.2 Å². The molecule has 150 valence electrons. The summed E-state index contributed by atoms with van der Waals surface area (Å²) in [6.07, 6.45) is 0.756. The van der Waals surface area contributed by atoms with Crippen molar-refractivity contribution in [1.29, 1.82) is 0 Å². The summed E-state index contributed by atoms with van der Waals surface area (Å²) in [6.45, 7) is 3.79. The lowest BCUT2D eigenvalue weighted by molar-refractivity contribution is 0.0793. The number of ether oxygens (including phenoxy) is 1. The van der Waals surface area contributed by atoms with Crippen LogP contribution in [0.4, 0.5) is 13.6 Å². The van der Waals surface area contributed by atoms with Crippen LogP contribution in [0.1, 0.15) is 49.0 Å². The van der Waals surface area contributed by atoms with Gasteiger partial charge in [0.15, 0.2) is 5.78 Å². The zero-order chi connectivity index (χ0) is 20.7. The molecular weight excluding hydrogens is 432 g/mol. The van der Waals surface area contributed by atoms with Crippen LogP contribution in [0.25, 0.3) is 0 Å². The summed E-state index contributed by atoms with van der Waals surface area (Å²) in [5.41, 5.74) is -1.97. The molecule has 0 aliphatic heterocycles. The van der Waals surface area contributed by atoms with Gasteiger partial charge in [-0.3, -0.25) is 4.79 Å². The molecule has 2 aromatic carbocycles. The Kier molecular flexibility index (Phi) is 7.69. The van der Waals surface area contributed by atoms with Crippen molar-refractivity contribution in [3.05, 3.63) is 69.7 Å². The predicted molar refractivity (Wildman–Crippen MR) is 106 cm³/mol. The van der Waals surface area contributed by atoms with Gasteiger partial charge in [0.2, 0.25) is 0 Å². The zero-order valence-corrected chi connectivity index (χ0v) is 17.3. The number of alkyl carbamates (subject to hydrolysis) is 1. The third kappa shape index (κ3) is 4.76. The van der Waals surface area contributed by atoms with E-state index in [0.29, 0.717) is 12.0 Å². The molecule has 2 rings (SSSR count). The average Bonchev–Trinajstić information content (AvgIpc) is 2.67. The van der Waals surface area contributed by atoms with Crippen LogP contribution in [-0.2, 0) is 10.3 Å². The number of nitrogens with one attached hydrogen (secondary N) is 1. The van der Waals surface area contributed by atoms with Gasteiger partial charge in [-0.15, -0.1) is 0 Å². The van der Waals surface area contributed by atoms with Crippen LogP contribution in [0.2, 0.25) is 0 Å². The molecule has 2 aromatic rings. The first-order valence-electron chi connectivity index (χ1n) is 9.05. The van der Waals surface area contributed by atoms with Crippen LogP contribution >= 0.6 is 15.9 Å². The minimum Gasteiger partial charge on any atom is -0.450 e. The lowest BCUT2D eigenvalue weighted by atomic mass is 9.80. The maximum absolute atomic E-state index is 14.3. The van der Waals surface area contributed by atoms with Crippen LogP contribution in [0.15, 0.2) is 46.9 Å². The molecule has 0 saturated heterocycles. The first-order chi connectivity index (χ1) is 13.4. The number of carbonyl (C=O) groups is 2. The van der Waals surface area contributed by atoms with E-state index >= 15 is 0 Å². The number of hydrogen-bond acceptors (Lipinski definition) is 3. The zero-order valence-electron chi connectivity index (χ0n) is 15.7. The summed E-state index contributed by atoms with van der Waals surface area (Å²) in [5.74, 6) is -2.84. The first kappa shape index (κ1) is 22.0. The topological polar surface area (TPSA) is 55.4 Å². The number of amides is 1. The third-order valence-electron chi connectivity index (χ3n) is 4.49. The maximum Gasteiger partial charge on any atom is 0.408 e. The molecule has 0 saturated carbocycles. The molecule has 0 heterocycles. The Balaban J connectivity index is 2.52. The highest BCUT2D eigenvalue weighted by Crippen LogP contribution is 2.32. The van der Waals surface area contributed by atoms with E-state index in [4.69, 9.17) is 4.74 Å². The molecular formula is C21H22BrF2NO3. The Morgan fingerprint density at radius 1 is 1.07 bits per heavy atom. The maximum atomic E-state index is 14.3.